The van der Waals surface area contributed by atoms with E-state index in [9.17, 15) is 13.2 Å². The minimum atomic E-state index is -3.26. The van der Waals surface area contributed by atoms with Crippen LogP contribution in [0.25, 0.3) is 11.1 Å². The number of hydrogen-bond acceptors (Lipinski definition) is 3. The molecule has 104 valence electrons. The van der Waals surface area contributed by atoms with Gasteiger partial charge in [0.25, 0.3) is 0 Å². The molecule has 0 saturated carbocycles. The summed E-state index contributed by atoms with van der Waals surface area (Å²) in [5.74, 6) is 0. The Bertz CT molecular complexity index is 723. The van der Waals surface area contributed by atoms with Gasteiger partial charge in [0.2, 0.25) is 10.0 Å². The van der Waals surface area contributed by atoms with Crippen LogP contribution >= 0.6 is 0 Å². The highest BCUT2D eigenvalue weighted by atomic mass is 32.2. The first kappa shape index (κ1) is 14.4. The van der Waals surface area contributed by atoms with Crippen LogP contribution in [0.2, 0.25) is 0 Å². The Hall–Kier alpha value is -1.98. The molecular weight excluding hydrogens is 274 g/mol. The quantitative estimate of drug-likeness (QED) is 0.858. The number of nitrogens with one attached hydrogen (secondary N) is 1. The Morgan fingerprint density at radius 3 is 2.25 bits per heavy atom. The fourth-order valence-corrected chi connectivity index (χ4v) is 2.41. The fourth-order valence-electron chi connectivity index (χ4n) is 1.99. The lowest BCUT2D eigenvalue weighted by Crippen LogP contribution is -2.21. The molecule has 0 atom stereocenters. The van der Waals surface area contributed by atoms with Gasteiger partial charge in [0.1, 0.15) is 0 Å². The normalized spacial score (nSPS) is 11.2. The second-order valence-corrected chi connectivity index (χ2v) is 6.29. The largest absolute Gasteiger partial charge is 0.298 e. The fraction of sp³-hybridized carbons (Fsp3) is 0.133. The molecule has 20 heavy (non-hydrogen) atoms. The van der Waals surface area contributed by atoms with Crippen LogP contribution < -0.4 is 4.72 Å². The van der Waals surface area contributed by atoms with Crippen molar-refractivity contribution in [3.05, 3.63) is 59.7 Å². The summed E-state index contributed by atoms with van der Waals surface area (Å²) >= 11 is 0. The maximum atomic E-state index is 11.2. The summed E-state index contributed by atoms with van der Waals surface area (Å²) in [6.07, 6.45) is 1.92. The highest BCUT2D eigenvalue weighted by Gasteiger charge is 2.09. The van der Waals surface area contributed by atoms with Crippen LogP contribution in [0.1, 0.15) is 15.9 Å². The zero-order valence-corrected chi connectivity index (χ0v) is 11.9. The van der Waals surface area contributed by atoms with Crippen LogP contribution in [0.4, 0.5) is 0 Å². The van der Waals surface area contributed by atoms with Crippen molar-refractivity contribution in [3.8, 4) is 11.1 Å². The monoisotopic (exact) mass is 289 g/mol. The lowest BCUT2D eigenvalue weighted by molar-refractivity contribution is 0.112. The summed E-state index contributed by atoms with van der Waals surface area (Å²) in [6, 6.07) is 14.7. The van der Waals surface area contributed by atoms with E-state index in [1.165, 1.54) is 0 Å². The van der Waals surface area contributed by atoms with Crippen LogP contribution in [0.15, 0.2) is 48.5 Å². The Kier molecular flexibility index (Phi) is 4.32. The summed E-state index contributed by atoms with van der Waals surface area (Å²) in [5.41, 5.74) is 3.06. The number of hydrogen-bond donors (Lipinski definition) is 1. The van der Waals surface area contributed by atoms with Gasteiger partial charge in [0, 0.05) is 12.1 Å². The van der Waals surface area contributed by atoms with E-state index >= 15 is 0 Å². The van der Waals surface area contributed by atoms with Crippen LogP contribution in [0.3, 0.4) is 0 Å². The minimum absolute atomic E-state index is 0.197. The maximum absolute atomic E-state index is 11.2. The number of aldehydes is 1. The van der Waals surface area contributed by atoms with E-state index in [2.05, 4.69) is 4.72 Å². The lowest BCUT2D eigenvalue weighted by atomic mass is 9.96. The highest BCUT2D eigenvalue weighted by Crippen LogP contribution is 2.26. The topological polar surface area (TPSA) is 63.2 Å². The molecule has 0 bridgehead atoms. The van der Waals surface area contributed by atoms with Crippen molar-refractivity contribution in [2.24, 2.45) is 0 Å². The van der Waals surface area contributed by atoms with Crippen molar-refractivity contribution in [1.82, 2.24) is 4.72 Å². The Balaban J connectivity index is 2.44. The highest BCUT2D eigenvalue weighted by molar-refractivity contribution is 7.88. The van der Waals surface area contributed by atoms with Gasteiger partial charge in [-0.2, -0.15) is 0 Å². The van der Waals surface area contributed by atoms with Crippen molar-refractivity contribution < 1.29 is 13.2 Å². The summed E-state index contributed by atoms with van der Waals surface area (Å²) in [4.78, 5) is 11.1. The second-order valence-electron chi connectivity index (χ2n) is 4.46. The third kappa shape index (κ3) is 3.53. The number of carbonyl (C=O) groups is 1. The summed E-state index contributed by atoms with van der Waals surface area (Å²) in [6.45, 7) is 0.197. The molecule has 2 aromatic rings. The zero-order valence-electron chi connectivity index (χ0n) is 11.0. The standard InChI is InChI=1S/C15H15NO3S/c1-20(18,19)16-10-12-6-2-4-8-14(12)15-9-5-3-7-13(15)11-17/h2-9,11,16H,10H2,1H3. The molecule has 0 amide bonds. The lowest BCUT2D eigenvalue weighted by Gasteiger charge is -2.11. The van der Waals surface area contributed by atoms with E-state index < -0.39 is 10.0 Å². The molecule has 0 heterocycles. The van der Waals surface area contributed by atoms with Gasteiger partial charge >= 0.3 is 0 Å². The van der Waals surface area contributed by atoms with Gasteiger partial charge in [-0.1, -0.05) is 48.5 Å². The predicted molar refractivity (Wildman–Crippen MR) is 78.9 cm³/mol. The maximum Gasteiger partial charge on any atom is 0.209 e. The van der Waals surface area contributed by atoms with E-state index in [0.29, 0.717) is 5.56 Å². The molecule has 1 N–H and O–H groups in total. The SMILES string of the molecule is CS(=O)(=O)NCc1ccccc1-c1ccccc1C=O. The molecule has 0 aromatic heterocycles. The van der Waals surface area contributed by atoms with Gasteiger partial charge < -0.3 is 0 Å². The number of benzene rings is 2. The minimum Gasteiger partial charge on any atom is -0.298 e. The Morgan fingerprint density at radius 2 is 1.60 bits per heavy atom. The summed E-state index contributed by atoms with van der Waals surface area (Å²) in [5, 5.41) is 0. The van der Waals surface area contributed by atoms with Gasteiger partial charge in [-0.05, 0) is 16.7 Å². The van der Waals surface area contributed by atoms with Crippen molar-refractivity contribution in [3.63, 3.8) is 0 Å². The molecule has 5 heteroatoms. The third-order valence-corrected chi connectivity index (χ3v) is 3.59. The van der Waals surface area contributed by atoms with Crippen molar-refractivity contribution in [1.29, 1.82) is 0 Å². The molecule has 0 saturated heterocycles. The molecule has 0 spiro atoms. The molecule has 0 fully saturated rings. The average Bonchev–Trinajstić information content (AvgIpc) is 2.44. The van der Waals surface area contributed by atoms with Crippen LogP contribution in [0, 0.1) is 0 Å². The van der Waals surface area contributed by atoms with Gasteiger partial charge in [-0.25, -0.2) is 13.1 Å². The molecule has 2 aromatic carbocycles. The van der Waals surface area contributed by atoms with Crippen LogP contribution in [-0.2, 0) is 16.6 Å². The molecule has 2 rings (SSSR count). The van der Waals surface area contributed by atoms with Crippen LogP contribution in [-0.4, -0.2) is 21.0 Å². The van der Waals surface area contributed by atoms with Gasteiger partial charge in [-0.15, -0.1) is 0 Å². The zero-order chi connectivity index (χ0) is 14.6. The Morgan fingerprint density at radius 1 is 1.00 bits per heavy atom. The molecule has 0 aliphatic heterocycles. The van der Waals surface area contributed by atoms with Crippen molar-refractivity contribution in [2.75, 3.05) is 6.26 Å². The predicted octanol–water partition coefficient (Wildman–Crippen LogP) is 2.22. The van der Waals surface area contributed by atoms with Gasteiger partial charge in [-0.3, -0.25) is 4.79 Å². The average molecular weight is 289 g/mol. The smallest absolute Gasteiger partial charge is 0.209 e. The molecule has 0 aliphatic carbocycles. The van der Waals surface area contributed by atoms with E-state index in [1.54, 1.807) is 12.1 Å². The first-order valence-corrected chi connectivity index (χ1v) is 7.97. The number of sulfonamides is 1. The van der Waals surface area contributed by atoms with Crippen LogP contribution in [0.5, 0.6) is 0 Å². The summed E-state index contributed by atoms with van der Waals surface area (Å²) < 4.78 is 24.9. The van der Waals surface area contributed by atoms with E-state index in [-0.39, 0.29) is 6.54 Å². The molecule has 0 aliphatic rings. The van der Waals surface area contributed by atoms with Gasteiger partial charge in [0.15, 0.2) is 6.29 Å². The molecular formula is C15H15NO3S. The molecule has 0 unspecified atom stereocenters. The van der Waals surface area contributed by atoms with E-state index in [1.807, 2.05) is 36.4 Å². The van der Waals surface area contributed by atoms with E-state index in [4.69, 9.17) is 0 Å². The van der Waals surface area contributed by atoms with Gasteiger partial charge in [0.05, 0.1) is 6.26 Å². The van der Waals surface area contributed by atoms with E-state index in [0.717, 1.165) is 29.2 Å². The number of rotatable bonds is 5. The molecule has 4 nitrogen and oxygen atoms in total. The summed E-state index contributed by atoms with van der Waals surface area (Å²) in [7, 11) is -3.26. The van der Waals surface area contributed by atoms with Crippen molar-refractivity contribution >= 4 is 16.3 Å². The first-order chi connectivity index (χ1) is 9.51. The number of carbonyl (C=O) groups excluding carboxylic acids is 1. The Labute approximate surface area is 118 Å². The second kappa shape index (κ2) is 5.98. The van der Waals surface area contributed by atoms with Crippen molar-refractivity contribution in [2.45, 2.75) is 6.54 Å². The third-order valence-electron chi connectivity index (χ3n) is 2.92. The molecule has 0 radical (unpaired) electrons. The first-order valence-electron chi connectivity index (χ1n) is 6.08.